The summed E-state index contributed by atoms with van der Waals surface area (Å²) in [4.78, 5) is 25.3. The Balaban J connectivity index is 2.38. The summed E-state index contributed by atoms with van der Waals surface area (Å²) in [5.41, 5.74) is -0.242. The minimum absolute atomic E-state index is 0.200. The Kier molecular flexibility index (Phi) is 6.28. The summed E-state index contributed by atoms with van der Waals surface area (Å²) in [6, 6.07) is -0.434. The van der Waals surface area contributed by atoms with Crippen molar-refractivity contribution in [2.45, 2.75) is 25.5 Å². The molecule has 0 bridgehead atoms. The molecule has 0 aliphatic carbocycles. The highest BCUT2D eigenvalue weighted by Gasteiger charge is 2.44. The summed E-state index contributed by atoms with van der Waals surface area (Å²) in [5, 5.41) is 8.34. The van der Waals surface area contributed by atoms with Crippen LogP contribution in [0.3, 0.4) is 0 Å². The molecule has 2 rings (SSSR count). The molecule has 0 radical (unpaired) electrons. The summed E-state index contributed by atoms with van der Waals surface area (Å²) in [5.74, 6) is -2.16. The molecule has 150 valence electrons. The molecule has 1 saturated heterocycles. The molecule has 0 unspecified atom stereocenters. The molecular weight excluding hydrogens is 423 g/mol. The quantitative estimate of drug-likeness (QED) is 0.687. The Hall–Kier alpha value is -1.98. The number of carbonyl (C=O) groups is 2. The van der Waals surface area contributed by atoms with E-state index in [2.05, 4.69) is 4.74 Å². The van der Waals surface area contributed by atoms with Crippen LogP contribution in [0.4, 0.5) is 28.0 Å². The van der Waals surface area contributed by atoms with Crippen molar-refractivity contribution < 1.29 is 41.7 Å². The van der Waals surface area contributed by atoms with Gasteiger partial charge in [-0.05, 0) is 13.0 Å². The van der Waals surface area contributed by atoms with Crippen molar-refractivity contribution in [1.29, 1.82) is 0 Å². The van der Waals surface area contributed by atoms with Gasteiger partial charge in [-0.3, -0.25) is 9.80 Å². The fraction of sp³-hybridized carbons (Fsp3) is 0.429. The first kappa shape index (κ1) is 21.3. The lowest BCUT2D eigenvalue weighted by Crippen LogP contribution is -2.55. The smallest absolute Gasteiger partial charge is 0.461 e. The fourth-order valence-electron chi connectivity index (χ4n) is 2.07. The van der Waals surface area contributed by atoms with Gasteiger partial charge in [0.1, 0.15) is 25.3 Å². The predicted molar refractivity (Wildman–Crippen MR) is 85.7 cm³/mol. The van der Waals surface area contributed by atoms with Gasteiger partial charge >= 0.3 is 24.5 Å². The Labute approximate surface area is 159 Å². The normalized spacial score (nSPS) is 16.7. The number of aliphatic carboxylic acids is 1. The van der Waals surface area contributed by atoms with Gasteiger partial charge in [-0.2, -0.15) is 17.6 Å². The number of carboxylic acid groups (broad SMARTS) is 1. The Morgan fingerprint density at radius 1 is 1.30 bits per heavy atom. The standard InChI is InChI=1S/C14H12Cl2F4N2O5/c1-6(11(23)24)21-4-26-5-22(13(21)25)9-3-10(8(16)2-7(9)15)27-14(19,20)12(17)18/h2-3,6,12H,4-5H2,1H3,(H,23,24)/t6-/m0/s1. The average Bonchev–Trinajstić information content (AvgIpc) is 2.57. The van der Waals surface area contributed by atoms with E-state index in [9.17, 15) is 27.2 Å². The topological polar surface area (TPSA) is 79.3 Å². The first-order valence-corrected chi connectivity index (χ1v) is 7.94. The highest BCUT2D eigenvalue weighted by molar-refractivity contribution is 6.37. The van der Waals surface area contributed by atoms with Crippen molar-refractivity contribution in [2.75, 3.05) is 18.4 Å². The van der Waals surface area contributed by atoms with Gasteiger partial charge in [-0.25, -0.2) is 9.59 Å². The van der Waals surface area contributed by atoms with Crippen molar-refractivity contribution in [1.82, 2.24) is 4.90 Å². The van der Waals surface area contributed by atoms with E-state index in [1.54, 1.807) is 0 Å². The van der Waals surface area contributed by atoms with E-state index in [1.807, 2.05) is 0 Å². The van der Waals surface area contributed by atoms with Gasteiger partial charge in [0.2, 0.25) is 0 Å². The van der Waals surface area contributed by atoms with Crippen molar-refractivity contribution in [3.8, 4) is 5.75 Å². The molecule has 13 heteroatoms. The maximum atomic E-state index is 13.2. The molecule has 1 fully saturated rings. The summed E-state index contributed by atoms with van der Waals surface area (Å²) < 4.78 is 60.1. The third-order valence-corrected chi connectivity index (χ3v) is 4.14. The predicted octanol–water partition coefficient (Wildman–Crippen LogP) is 3.88. The maximum absolute atomic E-state index is 13.2. The highest BCUT2D eigenvalue weighted by atomic mass is 35.5. The lowest BCUT2D eigenvalue weighted by atomic mass is 10.2. The summed E-state index contributed by atoms with van der Waals surface area (Å²) in [7, 11) is 0. The first-order valence-electron chi connectivity index (χ1n) is 7.18. The number of hydrogen-bond donors (Lipinski definition) is 1. The molecule has 0 aromatic heterocycles. The second kappa shape index (κ2) is 7.95. The van der Waals surface area contributed by atoms with E-state index in [0.29, 0.717) is 0 Å². The number of amides is 2. The van der Waals surface area contributed by atoms with Gasteiger partial charge in [0.25, 0.3) is 0 Å². The summed E-state index contributed by atoms with van der Waals surface area (Å²) in [6.45, 7) is 0.503. The zero-order chi connectivity index (χ0) is 20.5. The lowest BCUT2D eigenvalue weighted by Gasteiger charge is -2.37. The molecule has 1 atom stereocenters. The molecule has 1 aromatic rings. The lowest BCUT2D eigenvalue weighted by molar-refractivity contribution is -0.253. The third-order valence-electron chi connectivity index (χ3n) is 3.54. The Morgan fingerprint density at radius 3 is 2.48 bits per heavy atom. The zero-order valence-corrected chi connectivity index (χ0v) is 15.0. The molecule has 1 aliphatic rings. The number of urea groups is 1. The number of benzene rings is 1. The molecular formula is C14H12Cl2F4N2O5. The van der Waals surface area contributed by atoms with Crippen LogP contribution in [0, 0.1) is 0 Å². The molecule has 0 spiro atoms. The van der Waals surface area contributed by atoms with Crippen molar-refractivity contribution >= 4 is 40.9 Å². The minimum atomic E-state index is -4.83. The first-order chi connectivity index (χ1) is 12.5. The number of anilines is 1. The largest absolute Gasteiger partial charge is 0.480 e. The van der Waals surface area contributed by atoms with Gasteiger partial charge < -0.3 is 14.6 Å². The molecule has 1 aromatic carbocycles. The number of carboxylic acids is 1. The molecule has 1 heterocycles. The van der Waals surface area contributed by atoms with Crippen LogP contribution in [0.5, 0.6) is 5.75 Å². The minimum Gasteiger partial charge on any atom is -0.480 e. The van der Waals surface area contributed by atoms with Crippen molar-refractivity contribution in [3.63, 3.8) is 0 Å². The van der Waals surface area contributed by atoms with Crippen molar-refractivity contribution in [3.05, 3.63) is 22.2 Å². The van der Waals surface area contributed by atoms with Gasteiger partial charge in [-0.1, -0.05) is 23.2 Å². The van der Waals surface area contributed by atoms with E-state index >= 15 is 0 Å². The van der Waals surface area contributed by atoms with Gasteiger partial charge in [0.05, 0.1) is 15.7 Å². The molecule has 1 N–H and O–H groups in total. The average molecular weight is 435 g/mol. The van der Waals surface area contributed by atoms with Crippen LogP contribution in [0.25, 0.3) is 0 Å². The summed E-state index contributed by atoms with van der Waals surface area (Å²) >= 11 is 11.7. The number of halogens is 6. The monoisotopic (exact) mass is 434 g/mol. The SMILES string of the molecule is C[C@@H](C(=O)O)N1COCN(c2cc(OC(F)(F)C(F)F)c(Cl)cc2Cl)C1=O. The molecule has 0 saturated carbocycles. The van der Waals surface area contributed by atoms with E-state index in [1.165, 1.54) is 6.92 Å². The number of hydrogen-bond acceptors (Lipinski definition) is 4. The zero-order valence-electron chi connectivity index (χ0n) is 13.5. The van der Waals surface area contributed by atoms with Crippen molar-refractivity contribution in [2.24, 2.45) is 0 Å². The van der Waals surface area contributed by atoms with Crippen LogP contribution >= 0.6 is 23.2 Å². The maximum Gasteiger partial charge on any atom is 0.461 e. The number of carbonyl (C=O) groups excluding carboxylic acids is 1. The summed E-state index contributed by atoms with van der Waals surface area (Å²) in [6.07, 6.45) is -8.96. The third kappa shape index (κ3) is 4.47. The van der Waals surface area contributed by atoms with E-state index in [0.717, 1.165) is 21.9 Å². The Morgan fingerprint density at radius 2 is 1.93 bits per heavy atom. The van der Waals surface area contributed by atoms with Crippen LogP contribution in [0.15, 0.2) is 12.1 Å². The number of alkyl halides is 4. The van der Waals surface area contributed by atoms with E-state index in [4.69, 9.17) is 33.0 Å². The molecule has 27 heavy (non-hydrogen) atoms. The highest BCUT2D eigenvalue weighted by Crippen LogP contribution is 2.40. The fourth-order valence-corrected chi connectivity index (χ4v) is 2.60. The van der Waals surface area contributed by atoms with E-state index < -0.39 is 48.1 Å². The second-order valence-electron chi connectivity index (χ2n) is 5.36. The van der Waals surface area contributed by atoms with Crippen LogP contribution in [0.1, 0.15) is 6.92 Å². The molecule has 7 nitrogen and oxygen atoms in total. The van der Waals surface area contributed by atoms with Crippen LogP contribution in [-0.2, 0) is 9.53 Å². The van der Waals surface area contributed by atoms with Crippen LogP contribution in [0.2, 0.25) is 10.0 Å². The van der Waals surface area contributed by atoms with Crippen LogP contribution in [-0.4, -0.2) is 54.0 Å². The number of nitrogens with zero attached hydrogens (tertiary/aromatic N) is 2. The number of rotatable bonds is 6. The molecule has 2 amide bonds. The second-order valence-corrected chi connectivity index (χ2v) is 6.17. The Bertz CT molecular complexity index is 752. The van der Waals surface area contributed by atoms with Crippen LogP contribution < -0.4 is 9.64 Å². The van der Waals surface area contributed by atoms with Gasteiger partial charge in [-0.15, -0.1) is 0 Å². The molecule has 1 aliphatic heterocycles. The van der Waals surface area contributed by atoms with Gasteiger partial charge in [0.15, 0.2) is 0 Å². The van der Waals surface area contributed by atoms with E-state index in [-0.39, 0.29) is 17.4 Å². The van der Waals surface area contributed by atoms with Gasteiger partial charge in [0, 0.05) is 6.07 Å². The number of ether oxygens (including phenoxy) is 2.